The average Bonchev–Trinajstić information content (AvgIpc) is 3.00. The number of anilines is 1. The Kier molecular flexibility index (Phi) is 4.20. The molecule has 3 nitrogen and oxygen atoms in total. The number of piperidine rings is 1. The van der Waals surface area contributed by atoms with Crippen LogP contribution in [0, 0.1) is 5.82 Å². The van der Waals surface area contributed by atoms with Crippen molar-refractivity contribution in [3.8, 4) is 0 Å². The molecule has 2 heterocycles. The van der Waals surface area contributed by atoms with Crippen molar-refractivity contribution in [1.29, 1.82) is 0 Å². The second-order valence-corrected chi connectivity index (χ2v) is 6.93. The fourth-order valence-electron chi connectivity index (χ4n) is 3.93. The van der Waals surface area contributed by atoms with Gasteiger partial charge in [-0.1, -0.05) is 37.3 Å². The highest BCUT2D eigenvalue weighted by molar-refractivity contribution is 5.79. The quantitative estimate of drug-likeness (QED) is 0.693. The number of fused-ring (bicyclic) bond motifs is 1. The van der Waals surface area contributed by atoms with Crippen molar-refractivity contribution < 1.29 is 4.39 Å². The van der Waals surface area contributed by atoms with Gasteiger partial charge in [0, 0.05) is 20.1 Å². The predicted molar refractivity (Wildman–Crippen MR) is 101 cm³/mol. The molecule has 0 saturated carbocycles. The van der Waals surface area contributed by atoms with Gasteiger partial charge in [0.1, 0.15) is 11.3 Å². The summed E-state index contributed by atoms with van der Waals surface area (Å²) in [4.78, 5) is 6.95. The van der Waals surface area contributed by atoms with E-state index in [9.17, 15) is 4.39 Å². The van der Waals surface area contributed by atoms with Gasteiger partial charge in [0.2, 0.25) is 5.95 Å². The molecule has 1 fully saturated rings. The zero-order valence-corrected chi connectivity index (χ0v) is 14.9. The molecular weight excluding hydrogens is 313 g/mol. The van der Waals surface area contributed by atoms with Crippen LogP contribution in [0.2, 0.25) is 0 Å². The molecule has 0 N–H and O–H groups in total. The maximum atomic E-state index is 14.1. The number of imidazole rings is 1. The Balaban J connectivity index is 1.52. The zero-order valence-electron chi connectivity index (χ0n) is 14.9. The van der Waals surface area contributed by atoms with Gasteiger partial charge in [-0.25, -0.2) is 9.37 Å². The Labute approximate surface area is 148 Å². The third-order valence-electron chi connectivity index (χ3n) is 5.46. The largest absolute Gasteiger partial charge is 0.342 e. The lowest BCUT2D eigenvalue weighted by Gasteiger charge is -2.33. The van der Waals surface area contributed by atoms with Crippen LogP contribution < -0.4 is 4.90 Å². The highest BCUT2D eigenvalue weighted by atomic mass is 19.1. The maximum absolute atomic E-state index is 14.1. The molecule has 4 rings (SSSR count). The normalized spacial score (nSPS) is 15.9. The van der Waals surface area contributed by atoms with E-state index in [0.29, 0.717) is 11.4 Å². The first-order chi connectivity index (χ1) is 12.2. The summed E-state index contributed by atoms with van der Waals surface area (Å²) in [5.74, 6) is 1.28. The van der Waals surface area contributed by atoms with Gasteiger partial charge in [-0.3, -0.25) is 0 Å². The van der Waals surface area contributed by atoms with Crippen molar-refractivity contribution in [2.45, 2.75) is 32.1 Å². The third kappa shape index (κ3) is 2.90. The Morgan fingerprint density at radius 2 is 1.80 bits per heavy atom. The molecule has 2 aromatic carbocycles. The first-order valence-corrected chi connectivity index (χ1v) is 9.12. The van der Waals surface area contributed by atoms with E-state index in [1.165, 1.54) is 17.2 Å². The van der Waals surface area contributed by atoms with Crippen LogP contribution in [0.1, 0.15) is 36.8 Å². The fourth-order valence-corrected chi connectivity index (χ4v) is 3.93. The summed E-state index contributed by atoms with van der Waals surface area (Å²) >= 11 is 0. The fraction of sp³-hybridized carbons (Fsp3) is 0.381. The van der Waals surface area contributed by atoms with Crippen LogP contribution in [0.5, 0.6) is 0 Å². The molecule has 1 saturated heterocycles. The molecule has 1 aliphatic heterocycles. The number of aromatic nitrogens is 2. The number of hydrogen-bond donors (Lipinski definition) is 0. The number of nitrogens with zero attached hydrogens (tertiary/aromatic N) is 3. The summed E-state index contributed by atoms with van der Waals surface area (Å²) in [7, 11) is 1.91. The molecule has 4 heteroatoms. The van der Waals surface area contributed by atoms with Gasteiger partial charge in [-0.15, -0.1) is 0 Å². The molecular formula is C21H24FN3. The summed E-state index contributed by atoms with van der Waals surface area (Å²) in [5, 5.41) is 0. The topological polar surface area (TPSA) is 21.1 Å². The zero-order chi connectivity index (χ0) is 17.4. The molecule has 0 radical (unpaired) electrons. The standard InChI is InChI=1S/C21H24FN3/c1-3-15-7-9-16(10-8-15)17-11-13-25(14-12-17)21-23-19-6-4-5-18(22)20(19)24(21)2/h4-10,17H,3,11-14H2,1-2H3. The maximum Gasteiger partial charge on any atom is 0.206 e. The highest BCUT2D eigenvalue weighted by Gasteiger charge is 2.24. The van der Waals surface area contributed by atoms with E-state index in [-0.39, 0.29) is 5.82 Å². The molecule has 25 heavy (non-hydrogen) atoms. The van der Waals surface area contributed by atoms with Crippen molar-refractivity contribution in [1.82, 2.24) is 9.55 Å². The van der Waals surface area contributed by atoms with E-state index in [0.717, 1.165) is 43.8 Å². The lowest BCUT2D eigenvalue weighted by molar-refractivity contribution is 0.496. The van der Waals surface area contributed by atoms with Crippen molar-refractivity contribution >= 4 is 17.0 Å². The Morgan fingerprint density at radius 1 is 1.08 bits per heavy atom. The number of aryl methyl sites for hydroxylation is 2. The van der Waals surface area contributed by atoms with Crippen LogP contribution in [-0.4, -0.2) is 22.6 Å². The average molecular weight is 337 g/mol. The SMILES string of the molecule is CCc1ccc(C2CCN(c3nc4cccc(F)c4n3C)CC2)cc1. The Bertz CT molecular complexity index is 874. The van der Waals surface area contributed by atoms with E-state index in [4.69, 9.17) is 0 Å². The molecule has 1 aromatic heterocycles. The van der Waals surface area contributed by atoms with Crippen molar-refractivity contribution in [3.05, 3.63) is 59.4 Å². The van der Waals surface area contributed by atoms with E-state index in [2.05, 4.69) is 41.1 Å². The first-order valence-electron chi connectivity index (χ1n) is 9.12. The number of para-hydroxylation sites is 1. The van der Waals surface area contributed by atoms with E-state index in [1.807, 2.05) is 17.7 Å². The van der Waals surface area contributed by atoms with Crippen molar-refractivity contribution in [2.24, 2.45) is 7.05 Å². The van der Waals surface area contributed by atoms with Crippen LogP contribution in [0.4, 0.5) is 10.3 Å². The van der Waals surface area contributed by atoms with Crippen molar-refractivity contribution in [3.63, 3.8) is 0 Å². The smallest absolute Gasteiger partial charge is 0.206 e. The number of halogens is 1. The summed E-state index contributed by atoms with van der Waals surface area (Å²) in [5.41, 5.74) is 4.15. The number of benzene rings is 2. The molecule has 0 unspecified atom stereocenters. The van der Waals surface area contributed by atoms with Crippen LogP contribution in [0.25, 0.3) is 11.0 Å². The second-order valence-electron chi connectivity index (χ2n) is 6.93. The third-order valence-corrected chi connectivity index (χ3v) is 5.46. The molecule has 0 bridgehead atoms. The molecule has 3 aromatic rings. The van der Waals surface area contributed by atoms with Gasteiger partial charge < -0.3 is 9.47 Å². The van der Waals surface area contributed by atoms with E-state index >= 15 is 0 Å². The van der Waals surface area contributed by atoms with Gasteiger partial charge >= 0.3 is 0 Å². The van der Waals surface area contributed by atoms with Gasteiger partial charge in [-0.2, -0.15) is 0 Å². The predicted octanol–water partition coefficient (Wildman–Crippen LogP) is 4.66. The van der Waals surface area contributed by atoms with Crippen LogP contribution in [-0.2, 0) is 13.5 Å². The van der Waals surface area contributed by atoms with Gasteiger partial charge in [0.25, 0.3) is 0 Å². The highest BCUT2D eigenvalue weighted by Crippen LogP contribution is 2.31. The minimum Gasteiger partial charge on any atom is -0.342 e. The molecule has 0 atom stereocenters. The molecule has 1 aliphatic rings. The van der Waals surface area contributed by atoms with E-state index < -0.39 is 0 Å². The van der Waals surface area contributed by atoms with Crippen LogP contribution in [0.3, 0.4) is 0 Å². The van der Waals surface area contributed by atoms with Crippen LogP contribution in [0.15, 0.2) is 42.5 Å². The second kappa shape index (κ2) is 6.51. The molecule has 130 valence electrons. The first kappa shape index (κ1) is 16.1. The minimum absolute atomic E-state index is 0.204. The van der Waals surface area contributed by atoms with Gasteiger partial charge in [0.15, 0.2) is 0 Å². The van der Waals surface area contributed by atoms with Gasteiger partial charge in [0.05, 0.1) is 5.52 Å². The summed E-state index contributed by atoms with van der Waals surface area (Å²) < 4.78 is 16.0. The summed E-state index contributed by atoms with van der Waals surface area (Å²) in [6.07, 6.45) is 3.30. The summed E-state index contributed by atoms with van der Waals surface area (Å²) in [6.45, 7) is 4.10. The molecule has 0 aliphatic carbocycles. The number of rotatable bonds is 3. The van der Waals surface area contributed by atoms with Gasteiger partial charge in [-0.05, 0) is 48.4 Å². The molecule has 0 amide bonds. The Morgan fingerprint density at radius 3 is 2.44 bits per heavy atom. The summed E-state index contributed by atoms with van der Waals surface area (Å²) in [6, 6.07) is 14.2. The van der Waals surface area contributed by atoms with Crippen LogP contribution >= 0.6 is 0 Å². The Hall–Kier alpha value is -2.36. The van der Waals surface area contributed by atoms with E-state index in [1.54, 1.807) is 6.07 Å². The van der Waals surface area contributed by atoms with Crippen molar-refractivity contribution in [2.75, 3.05) is 18.0 Å². The lowest BCUT2D eigenvalue weighted by atomic mass is 9.89. The monoisotopic (exact) mass is 337 g/mol. The lowest BCUT2D eigenvalue weighted by Crippen LogP contribution is -2.34. The minimum atomic E-state index is -0.204. The number of hydrogen-bond acceptors (Lipinski definition) is 2. The molecule has 0 spiro atoms.